The number of amides is 2. The minimum atomic E-state index is -1.19. The molecule has 1 aromatic carbocycles. The number of likely N-dealkylation sites (tertiary alicyclic amines) is 1. The molecule has 0 saturated carbocycles. The Kier molecular flexibility index (Phi) is 6.16. The molecule has 2 rings (SSSR count). The number of nitrogens with zero attached hydrogens (tertiary/aromatic N) is 1. The topological polar surface area (TPSA) is 113 Å². The standard InChI is InChI=1S/C16H20ClN3O4/c17-12-4-2-1-3-11(12)14(16(23)24)19-15(22)10-5-7-20(8-6-10)9-13(18)21/h1-4,10,14H,5-9H2,(H2,18,21)(H,19,22)(H,23,24). The molecule has 1 atom stereocenters. The Morgan fingerprint density at radius 3 is 2.46 bits per heavy atom. The van der Waals surface area contributed by atoms with Gasteiger partial charge in [-0.1, -0.05) is 29.8 Å². The van der Waals surface area contributed by atoms with Crippen LogP contribution in [0.4, 0.5) is 0 Å². The maximum absolute atomic E-state index is 12.4. The molecule has 1 fully saturated rings. The second kappa shape index (κ2) is 8.12. The van der Waals surface area contributed by atoms with Crippen molar-refractivity contribution < 1.29 is 19.5 Å². The van der Waals surface area contributed by atoms with Crippen molar-refractivity contribution in [3.63, 3.8) is 0 Å². The maximum atomic E-state index is 12.4. The Bertz CT molecular complexity index is 630. The molecule has 24 heavy (non-hydrogen) atoms. The first-order chi connectivity index (χ1) is 11.4. The van der Waals surface area contributed by atoms with Gasteiger partial charge < -0.3 is 16.2 Å². The zero-order valence-corrected chi connectivity index (χ0v) is 13.8. The van der Waals surface area contributed by atoms with Gasteiger partial charge in [-0.2, -0.15) is 0 Å². The zero-order valence-electron chi connectivity index (χ0n) is 13.1. The van der Waals surface area contributed by atoms with Crippen LogP contribution in [0.2, 0.25) is 5.02 Å². The molecule has 0 bridgehead atoms. The second-order valence-corrected chi connectivity index (χ2v) is 6.23. The number of benzene rings is 1. The molecule has 1 saturated heterocycles. The average molecular weight is 354 g/mol. The molecule has 1 unspecified atom stereocenters. The normalized spacial score (nSPS) is 17.2. The number of carboxylic acid groups (broad SMARTS) is 1. The summed E-state index contributed by atoms with van der Waals surface area (Å²) in [6.07, 6.45) is 1.10. The third-order valence-corrected chi connectivity index (χ3v) is 4.43. The van der Waals surface area contributed by atoms with E-state index in [4.69, 9.17) is 17.3 Å². The van der Waals surface area contributed by atoms with Gasteiger partial charge in [-0.3, -0.25) is 14.5 Å². The molecule has 0 radical (unpaired) electrons. The van der Waals surface area contributed by atoms with Crippen molar-refractivity contribution in [2.75, 3.05) is 19.6 Å². The summed E-state index contributed by atoms with van der Waals surface area (Å²) in [5.41, 5.74) is 5.51. The summed E-state index contributed by atoms with van der Waals surface area (Å²) in [4.78, 5) is 36.7. The Hall–Kier alpha value is -2.12. The highest BCUT2D eigenvalue weighted by atomic mass is 35.5. The molecule has 0 aromatic heterocycles. The Morgan fingerprint density at radius 2 is 1.92 bits per heavy atom. The molecule has 1 aromatic rings. The van der Waals surface area contributed by atoms with Gasteiger partial charge in [-0.15, -0.1) is 0 Å². The van der Waals surface area contributed by atoms with E-state index >= 15 is 0 Å². The number of halogens is 1. The number of primary amides is 1. The Balaban J connectivity index is 1.99. The van der Waals surface area contributed by atoms with Crippen LogP contribution in [0.5, 0.6) is 0 Å². The third-order valence-electron chi connectivity index (χ3n) is 4.09. The van der Waals surface area contributed by atoms with Crippen LogP contribution in [0.25, 0.3) is 0 Å². The number of piperidine rings is 1. The highest BCUT2D eigenvalue weighted by Crippen LogP contribution is 2.24. The van der Waals surface area contributed by atoms with Crippen molar-refractivity contribution in [3.8, 4) is 0 Å². The first kappa shape index (κ1) is 18.2. The van der Waals surface area contributed by atoms with E-state index in [0.29, 0.717) is 36.5 Å². The molecular weight excluding hydrogens is 334 g/mol. The van der Waals surface area contributed by atoms with E-state index in [1.54, 1.807) is 24.3 Å². The van der Waals surface area contributed by atoms with Gasteiger partial charge in [0.2, 0.25) is 11.8 Å². The van der Waals surface area contributed by atoms with Crippen LogP contribution < -0.4 is 11.1 Å². The van der Waals surface area contributed by atoms with E-state index in [1.165, 1.54) is 0 Å². The summed E-state index contributed by atoms with van der Waals surface area (Å²) in [5, 5.41) is 12.3. The van der Waals surface area contributed by atoms with Crippen LogP contribution in [0, 0.1) is 5.92 Å². The smallest absolute Gasteiger partial charge is 0.330 e. The number of carbonyl (C=O) groups excluding carboxylic acids is 2. The monoisotopic (exact) mass is 353 g/mol. The summed E-state index contributed by atoms with van der Waals surface area (Å²) < 4.78 is 0. The van der Waals surface area contributed by atoms with Crippen LogP contribution in [0.1, 0.15) is 24.4 Å². The van der Waals surface area contributed by atoms with Gasteiger partial charge in [0.15, 0.2) is 6.04 Å². The minimum absolute atomic E-state index is 0.172. The van der Waals surface area contributed by atoms with Crippen LogP contribution in [0.15, 0.2) is 24.3 Å². The summed E-state index contributed by atoms with van der Waals surface area (Å²) in [7, 11) is 0. The highest BCUT2D eigenvalue weighted by molar-refractivity contribution is 6.31. The fraction of sp³-hybridized carbons (Fsp3) is 0.438. The van der Waals surface area contributed by atoms with Gasteiger partial charge in [-0.05, 0) is 32.0 Å². The summed E-state index contributed by atoms with van der Waals surface area (Å²) in [5.74, 6) is -2.18. The number of rotatable bonds is 6. The lowest BCUT2D eigenvalue weighted by atomic mass is 9.95. The quantitative estimate of drug-likeness (QED) is 0.699. The largest absolute Gasteiger partial charge is 0.479 e. The number of hydrogen-bond acceptors (Lipinski definition) is 4. The SMILES string of the molecule is NC(=O)CN1CCC(C(=O)NC(C(=O)O)c2ccccc2Cl)CC1. The van der Waals surface area contributed by atoms with Gasteiger partial charge in [0.05, 0.1) is 6.54 Å². The first-order valence-electron chi connectivity index (χ1n) is 7.66. The number of hydrogen-bond donors (Lipinski definition) is 3. The predicted octanol–water partition coefficient (Wildman–Crippen LogP) is 0.779. The van der Waals surface area contributed by atoms with Gasteiger partial charge >= 0.3 is 5.97 Å². The lowest BCUT2D eigenvalue weighted by Gasteiger charge is -2.31. The van der Waals surface area contributed by atoms with E-state index in [2.05, 4.69) is 5.32 Å². The van der Waals surface area contributed by atoms with Crippen molar-refractivity contribution in [3.05, 3.63) is 34.9 Å². The lowest BCUT2D eigenvalue weighted by Crippen LogP contribution is -2.45. The van der Waals surface area contributed by atoms with Crippen molar-refractivity contribution in [1.29, 1.82) is 0 Å². The number of nitrogens with two attached hydrogens (primary N) is 1. The molecule has 0 spiro atoms. The Labute approximate surface area is 144 Å². The van der Waals surface area contributed by atoms with Crippen LogP contribution >= 0.6 is 11.6 Å². The molecule has 7 nitrogen and oxygen atoms in total. The fourth-order valence-corrected chi connectivity index (χ4v) is 3.06. The van der Waals surface area contributed by atoms with Crippen molar-refractivity contribution in [1.82, 2.24) is 10.2 Å². The summed E-state index contributed by atoms with van der Waals surface area (Å²) in [6, 6.07) is 5.35. The molecule has 4 N–H and O–H groups in total. The molecular formula is C16H20ClN3O4. The lowest BCUT2D eigenvalue weighted by molar-refractivity contribution is -0.143. The number of carbonyl (C=O) groups is 3. The molecule has 1 aliphatic heterocycles. The molecule has 2 amide bonds. The van der Waals surface area contributed by atoms with E-state index < -0.39 is 17.9 Å². The van der Waals surface area contributed by atoms with Crippen LogP contribution in [-0.4, -0.2) is 47.4 Å². The van der Waals surface area contributed by atoms with Crippen LogP contribution in [-0.2, 0) is 14.4 Å². The fourth-order valence-electron chi connectivity index (χ4n) is 2.82. The Morgan fingerprint density at radius 1 is 1.29 bits per heavy atom. The number of nitrogens with one attached hydrogen (secondary N) is 1. The van der Waals surface area contributed by atoms with E-state index in [1.807, 2.05) is 4.90 Å². The average Bonchev–Trinajstić information content (AvgIpc) is 2.53. The first-order valence-corrected chi connectivity index (χ1v) is 8.04. The van der Waals surface area contributed by atoms with Gasteiger partial charge in [-0.25, -0.2) is 4.79 Å². The van der Waals surface area contributed by atoms with Crippen molar-refractivity contribution in [2.24, 2.45) is 11.7 Å². The molecule has 130 valence electrons. The number of aliphatic carboxylic acids is 1. The van der Waals surface area contributed by atoms with Crippen molar-refractivity contribution in [2.45, 2.75) is 18.9 Å². The van der Waals surface area contributed by atoms with E-state index in [9.17, 15) is 19.5 Å². The van der Waals surface area contributed by atoms with E-state index in [-0.39, 0.29) is 18.4 Å². The van der Waals surface area contributed by atoms with Gasteiger partial charge in [0.1, 0.15) is 0 Å². The third kappa shape index (κ3) is 4.69. The molecule has 0 aliphatic carbocycles. The second-order valence-electron chi connectivity index (χ2n) is 5.82. The maximum Gasteiger partial charge on any atom is 0.330 e. The predicted molar refractivity (Wildman–Crippen MR) is 88.3 cm³/mol. The van der Waals surface area contributed by atoms with E-state index in [0.717, 1.165) is 0 Å². The van der Waals surface area contributed by atoms with Crippen LogP contribution in [0.3, 0.4) is 0 Å². The number of carboxylic acids is 1. The summed E-state index contributed by atoms with van der Waals surface area (Å²) in [6.45, 7) is 1.32. The highest BCUT2D eigenvalue weighted by Gasteiger charge is 2.30. The molecule has 1 aliphatic rings. The van der Waals surface area contributed by atoms with Gasteiger partial charge in [0, 0.05) is 16.5 Å². The zero-order chi connectivity index (χ0) is 17.7. The summed E-state index contributed by atoms with van der Waals surface area (Å²) >= 11 is 6.03. The molecule has 1 heterocycles. The minimum Gasteiger partial charge on any atom is -0.479 e. The molecule has 8 heteroatoms. The van der Waals surface area contributed by atoms with Gasteiger partial charge in [0.25, 0.3) is 0 Å². The van der Waals surface area contributed by atoms with Crippen molar-refractivity contribution >= 4 is 29.4 Å².